The molecular formula is C19H21NO4. The van der Waals surface area contributed by atoms with E-state index in [1.54, 1.807) is 32.4 Å². The van der Waals surface area contributed by atoms with Crippen molar-refractivity contribution in [3.05, 3.63) is 48.0 Å². The fourth-order valence-corrected chi connectivity index (χ4v) is 3.02. The smallest absolute Gasteiger partial charge is 0.265 e. The summed E-state index contributed by atoms with van der Waals surface area (Å²) in [5, 5.41) is 0. The second-order valence-electron chi connectivity index (χ2n) is 5.78. The molecular weight excluding hydrogens is 306 g/mol. The van der Waals surface area contributed by atoms with Crippen molar-refractivity contribution in [1.82, 2.24) is 0 Å². The van der Waals surface area contributed by atoms with Gasteiger partial charge in [-0.1, -0.05) is 18.2 Å². The second kappa shape index (κ2) is 6.83. The van der Waals surface area contributed by atoms with Gasteiger partial charge in [-0.05, 0) is 25.0 Å². The average molecular weight is 327 g/mol. The summed E-state index contributed by atoms with van der Waals surface area (Å²) in [6.45, 7) is 2.02. The summed E-state index contributed by atoms with van der Waals surface area (Å²) in [5.74, 6) is 1.72. The minimum Gasteiger partial charge on any atom is -0.496 e. The Balaban J connectivity index is 1.72. The average Bonchev–Trinajstić information content (AvgIpc) is 2.95. The van der Waals surface area contributed by atoms with Crippen LogP contribution < -0.4 is 19.1 Å². The molecule has 5 nitrogen and oxygen atoms in total. The maximum atomic E-state index is 12.6. The molecule has 0 N–H and O–H groups in total. The maximum Gasteiger partial charge on any atom is 0.265 e. The molecule has 1 amide bonds. The molecule has 0 aliphatic carbocycles. The van der Waals surface area contributed by atoms with Crippen LogP contribution in [0.5, 0.6) is 17.2 Å². The van der Waals surface area contributed by atoms with Gasteiger partial charge < -0.3 is 19.1 Å². The molecule has 1 heterocycles. The fraction of sp³-hybridized carbons (Fsp3) is 0.316. The molecule has 0 unspecified atom stereocenters. The second-order valence-corrected chi connectivity index (χ2v) is 5.78. The summed E-state index contributed by atoms with van der Waals surface area (Å²) in [6.07, 6.45) is 0.870. The van der Waals surface area contributed by atoms with E-state index in [1.165, 1.54) is 5.56 Å². The molecule has 3 rings (SSSR count). The quantitative estimate of drug-likeness (QED) is 0.847. The third-order valence-electron chi connectivity index (χ3n) is 4.16. The van der Waals surface area contributed by atoms with Gasteiger partial charge in [0.15, 0.2) is 6.61 Å². The Morgan fingerprint density at radius 1 is 1.08 bits per heavy atom. The molecule has 5 heteroatoms. The Hall–Kier alpha value is -2.69. The first kappa shape index (κ1) is 16.2. The minimum absolute atomic E-state index is 0.0327. The number of hydrogen-bond acceptors (Lipinski definition) is 4. The van der Waals surface area contributed by atoms with Gasteiger partial charge in [-0.25, -0.2) is 0 Å². The summed E-state index contributed by atoms with van der Waals surface area (Å²) in [7, 11) is 3.15. The summed E-state index contributed by atoms with van der Waals surface area (Å²) in [6, 6.07) is 13.3. The van der Waals surface area contributed by atoms with Crippen LogP contribution in [0, 0.1) is 0 Å². The number of fused-ring (bicyclic) bond motifs is 1. The molecule has 0 saturated carbocycles. The summed E-state index contributed by atoms with van der Waals surface area (Å²) < 4.78 is 16.1. The molecule has 126 valence electrons. The van der Waals surface area contributed by atoms with Crippen molar-refractivity contribution in [3.63, 3.8) is 0 Å². The number of anilines is 1. The number of methoxy groups -OCH3 is 2. The van der Waals surface area contributed by atoms with E-state index in [0.717, 1.165) is 12.1 Å². The highest BCUT2D eigenvalue weighted by atomic mass is 16.5. The summed E-state index contributed by atoms with van der Waals surface area (Å²) in [4.78, 5) is 14.5. The molecule has 1 aliphatic rings. The zero-order chi connectivity index (χ0) is 17.1. The van der Waals surface area contributed by atoms with E-state index in [9.17, 15) is 4.79 Å². The van der Waals surface area contributed by atoms with E-state index < -0.39 is 0 Å². The number of para-hydroxylation sites is 1. The van der Waals surface area contributed by atoms with Crippen molar-refractivity contribution in [2.45, 2.75) is 19.4 Å². The van der Waals surface area contributed by atoms with Crippen LogP contribution in [0.3, 0.4) is 0 Å². The van der Waals surface area contributed by atoms with Crippen molar-refractivity contribution in [2.24, 2.45) is 0 Å². The van der Waals surface area contributed by atoms with Gasteiger partial charge >= 0.3 is 0 Å². The van der Waals surface area contributed by atoms with Crippen molar-refractivity contribution in [1.29, 1.82) is 0 Å². The van der Waals surface area contributed by atoms with E-state index in [4.69, 9.17) is 14.2 Å². The van der Waals surface area contributed by atoms with Crippen LogP contribution in [-0.2, 0) is 11.2 Å². The predicted octanol–water partition coefficient (Wildman–Crippen LogP) is 3.06. The molecule has 24 heavy (non-hydrogen) atoms. The standard InChI is InChI=1S/C19H21NO4/c1-13-8-14-6-4-5-7-18(14)20(13)19(21)12-24-17-10-15(22-2)9-16(11-17)23-3/h4-7,9-11,13H,8,12H2,1-3H3/t13-/m0/s1. The van der Waals surface area contributed by atoms with Crippen LogP contribution in [0.4, 0.5) is 5.69 Å². The molecule has 2 aromatic rings. The highest BCUT2D eigenvalue weighted by Gasteiger charge is 2.30. The van der Waals surface area contributed by atoms with Gasteiger partial charge in [0, 0.05) is 29.9 Å². The van der Waals surface area contributed by atoms with Crippen molar-refractivity contribution in [3.8, 4) is 17.2 Å². The molecule has 0 radical (unpaired) electrons. The monoisotopic (exact) mass is 327 g/mol. The molecule has 2 aromatic carbocycles. The third kappa shape index (κ3) is 3.15. The normalized spacial score (nSPS) is 15.8. The predicted molar refractivity (Wildman–Crippen MR) is 92.1 cm³/mol. The molecule has 0 bridgehead atoms. The lowest BCUT2D eigenvalue weighted by Gasteiger charge is -2.22. The first-order chi connectivity index (χ1) is 11.6. The fourth-order valence-electron chi connectivity index (χ4n) is 3.02. The van der Waals surface area contributed by atoms with E-state index in [2.05, 4.69) is 6.07 Å². The van der Waals surface area contributed by atoms with E-state index in [-0.39, 0.29) is 18.6 Å². The highest BCUT2D eigenvalue weighted by molar-refractivity contribution is 5.97. The van der Waals surface area contributed by atoms with Crippen LogP contribution in [0.2, 0.25) is 0 Å². The summed E-state index contributed by atoms with van der Waals surface area (Å²) in [5.41, 5.74) is 2.17. The van der Waals surface area contributed by atoms with E-state index >= 15 is 0 Å². The van der Waals surface area contributed by atoms with Crippen LogP contribution in [0.1, 0.15) is 12.5 Å². The van der Waals surface area contributed by atoms with Gasteiger partial charge in [-0.2, -0.15) is 0 Å². The number of benzene rings is 2. The van der Waals surface area contributed by atoms with E-state index in [0.29, 0.717) is 17.2 Å². The zero-order valence-electron chi connectivity index (χ0n) is 14.1. The van der Waals surface area contributed by atoms with Crippen molar-refractivity contribution in [2.75, 3.05) is 25.7 Å². The SMILES string of the molecule is COc1cc(OC)cc(OCC(=O)N2c3ccccc3C[C@@H]2C)c1. The number of nitrogens with zero attached hydrogens (tertiary/aromatic N) is 1. The first-order valence-corrected chi connectivity index (χ1v) is 7.88. The van der Waals surface area contributed by atoms with Gasteiger partial charge in [0.25, 0.3) is 5.91 Å². The van der Waals surface area contributed by atoms with Gasteiger partial charge in [-0.15, -0.1) is 0 Å². The Kier molecular flexibility index (Phi) is 4.60. The minimum atomic E-state index is -0.0609. The molecule has 0 fully saturated rings. The largest absolute Gasteiger partial charge is 0.496 e. The number of carbonyl (C=O) groups is 1. The molecule has 0 aromatic heterocycles. The Bertz CT molecular complexity index is 722. The molecule has 0 spiro atoms. The Morgan fingerprint density at radius 2 is 1.71 bits per heavy atom. The van der Waals surface area contributed by atoms with E-state index in [1.807, 2.05) is 30.0 Å². The van der Waals surface area contributed by atoms with Crippen LogP contribution in [-0.4, -0.2) is 32.8 Å². The Labute approximate surface area is 141 Å². The molecule has 0 saturated heterocycles. The lowest BCUT2D eigenvalue weighted by molar-refractivity contribution is -0.120. The van der Waals surface area contributed by atoms with Gasteiger partial charge in [-0.3, -0.25) is 4.79 Å². The maximum absolute atomic E-state index is 12.6. The summed E-state index contributed by atoms with van der Waals surface area (Å²) >= 11 is 0. The lowest BCUT2D eigenvalue weighted by Crippen LogP contribution is -2.39. The number of ether oxygens (including phenoxy) is 3. The van der Waals surface area contributed by atoms with Crippen LogP contribution in [0.15, 0.2) is 42.5 Å². The first-order valence-electron chi connectivity index (χ1n) is 7.88. The third-order valence-corrected chi connectivity index (χ3v) is 4.16. The van der Waals surface area contributed by atoms with Crippen LogP contribution >= 0.6 is 0 Å². The van der Waals surface area contributed by atoms with Crippen LogP contribution in [0.25, 0.3) is 0 Å². The number of hydrogen-bond donors (Lipinski definition) is 0. The topological polar surface area (TPSA) is 48.0 Å². The lowest BCUT2D eigenvalue weighted by atomic mass is 10.1. The number of carbonyl (C=O) groups excluding carboxylic acids is 1. The van der Waals surface area contributed by atoms with Crippen molar-refractivity contribution < 1.29 is 19.0 Å². The van der Waals surface area contributed by atoms with Gasteiger partial charge in [0.1, 0.15) is 17.2 Å². The number of rotatable bonds is 5. The van der Waals surface area contributed by atoms with Gasteiger partial charge in [0.2, 0.25) is 0 Å². The Morgan fingerprint density at radius 3 is 2.38 bits per heavy atom. The molecule has 1 aliphatic heterocycles. The number of amides is 1. The zero-order valence-corrected chi connectivity index (χ0v) is 14.1. The highest BCUT2D eigenvalue weighted by Crippen LogP contribution is 2.32. The van der Waals surface area contributed by atoms with Gasteiger partial charge in [0.05, 0.1) is 14.2 Å². The molecule has 1 atom stereocenters. The van der Waals surface area contributed by atoms with Crippen molar-refractivity contribution >= 4 is 11.6 Å².